The van der Waals surface area contributed by atoms with E-state index in [-0.39, 0.29) is 16.7 Å². The fraction of sp³-hybridized carbons (Fsp3) is 0.273. The molecule has 0 unspecified atom stereocenters. The number of nitrogens with zero attached hydrogens (tertiary/aromatic N) is 4. The second-order valence-corrected chi connectivity index (χ2v) is 8.73. The summed E-state index contributed by atoms with van der Waals surface area (Å²) in [5.74, 6) is 0.917. The van der Waals surface area contributed by atoms with Gasteiger partial charge in [0.05, 0.1) is 5.56 Å². The molecule has 0 bridgehead atoms. The molecule has 0 radical (unpaired) electrons. The Morgan fingerprint density at radius 2 is 1.88 bits per heavy atom. The first-order valence-electron chi connectivity index (χ1n) is 9.96. The third kappa shape index (κ3) is 5.37. The number of hydrogen-bond acceptors (Lipinski definition) is 6. The van der Waals surface area contributed by atoms with Crippen molar-refractivity contribution in [1.82, 2.24) is 15.0 Å². The summed E-state index contributed by atoms with van der Waals surface area (Å²) < 4.78 is 37.5. The van der Waals surface area contributed by atoms with Gasteiger partial charge in [-0.1, -0.05) is 6.92 Å². The van der Waals surface area contributed by atoms with Crippen LogP contribution >= 0.6 is 11.8 Å². The number of pyridine rings is 1. The lowest BCUT2D eigenvalue weighted by molar-refractivity contribution is -0.0328. The molecule has 6 nitrogen and oxygen atoms in total. The number of rotatable bonds is 5. The van der Waals surface area contributed by atoms with E-state index in [9.17, 15) is 18.0 Å². The SMILES string of the molecule is C[C@@H]1CCN(c2ncc(C(=O)Nc3ccc(SC(F)(F)F)cc3)cc2-c2cncnc2)C1. The number of benzene rings is 1. The van der Waals surface area contributed by atoms with E-state index in [2.05, 4.69) is 32.1 Å². The van der Waals surface area contributed by atoms with E-state index in [1.165, 1.54) is 36.8 Å². The molecule has 1 amide bonds. The van der Waals surface area contributed by atoms with Crippen molar-refractivity contribution in [2.24, 2.45) is 5.92 Å². The van der Waals surface area contributed by atoms with Gasteiger partial charge in [-0.15, -0.1) is 0 Å². The monoisotopic (exact) mass is 459 g/mol. The fourth-order valence-electron chi connectivity index (χ4n) is 3.55. The van der Waals surface area contributed by atoms with Gasteiger partial charge in [-0.3, -0.25) is 4.79 Å². The number of aromatic nitrogens is 3. The van der Waals surface area contributed by atoms with Crippen molar-refractivity contribution < 1.29 is 18.0 Å². The van der Waals surface area contributed by atoms with Crippen LogP contribution in [-0.4, -0.2) is 39.5 Å². The molecule has 3 heterocycles. The van der Waals surface area contributed by atoms with Crippen molar-refractivity contribution in [1.29, 1.82) is 0 Å². The van der Waals surface area contributed by atoms with Crippen LogP contribution in [-0.2, 0) is 0 Å². The number of alkyl halides is 3. The Balaban J connectivity index is 1.57. The summed E-state index contributed by atoms with van der Waals surface area (Å²) in [5, 5.41) is 2.71. The van der Waals surface area contributed by atoms with Crippen molar-refractivity contribution >= 4 is 29.2 Å². The highest BCUT2D eigenvalue weighted by atomic mass is 32.2. The Hall–Kier alpha value is -3.14. The van der Waals surface area contributed by atoms with Crippen molar-refractivity contribution in [2.45, 2.75) is 23.7 Å². The highest BCUT2D eigenvalue weighted by molar-refractivity contribution is 8.00. The topological polar surface area (TPSA) is 71.0 Å². The molecular weight excluding hydrogens is 439 g/mol. The van der Waals surface area contributed by atoms with Crippen LogP contribution in [0.15, 0.2) is 60.1 Å². The Bertz CT molecular complexity index is 1090. The standard InChI is InChI=1S/C22H20F3N5OS/c1-14-6-7-30(12-14)20-19(16-9-26-13-27-10-16)8-15(11-28-20)21(31)29-17-2-4-18(5-3-17)32-22(23,24)25/h2-5,8-11,13-14H,6-7,12H2,1H3,(H,29,31)/t14-/m1/s1. The molecule has 1 fully saturated rings. The maximum absolute atomic E-state index is 12.8. The van der Waals surface area contributed by atoms with E-state index in [0.717, 1.165) is 36.5 Å². The smallest absolute Gasteiger partial charge is 0.356 e. The summed E-state index contributed by atoms with van der Waals surface area (Å²) in [5.41, 5.74) is -2.14. The lowest BCUT2D eigenvalue weighted by Crippen LogP contribution is -2.22. The Kier molecular flexibility index (Phi) is 6.31. The molecule has 2 aromatic heterocycles. The number of halogens is 3. The molecule has 32 heavy (non-hydrogen) atoms. The maximum Gasteiger partial charge on any atom is 0.446 e. The average Bonchev–Trinajstić information content (AvgIpc) is 3.20. The second kappa shape index (κ2) is 9.15. The molecule has 0 aliphatic carbocycles. The molecule has 3 aromatic rings. The fourth-order valence-corrected chi connectivity index (χ4v) is 4.09. The minimum atomic E-state index is -4.36. The molecule has 0 spiro atoms. The first-order chi connectivity index (χ1) is 15.3. The molecular formula is C22H20F3N5OS. The average molecular weight is 459 g/mol. The Morgan fingerprint density at radius 1 is 1.16 bits per heavy atom. The molecule has 1 atom stereocenters. The summed E-state index contributed by atoms with van der Waals surface area (Å²) in [6, 6.07) is 7.25. The van der Waals surface area contributed by atoms with E-state index in [1.54, 1.807) is 18.5 Å². The first-order valence-corrected chi connectivity index (χ1v) is 10.8. The molecule has 1 aliphatic heterocycles. The van der Waals surface area contributed by atoms with Crippen molar-refractivity contribution in [2.75, 3.05) is 23.3 Å². The van der Waals surface area contributed by atoms with Gasteiger partial charge in [0.25, 0.3) is 5.91 Å². The highest BCUT2D eigenvalue weighted by Crippen LogP contribution is 2.37. The number of hydrogen-bond donors (Lipinski definition) is 1. The van der Waals surface area contributed by atoms with E-state index in [4.69, 9.17) is 0 Å². The number of amides is 1. The van der Waals surface area contributed by atoms with E-state index < -0.39 is 11.4 Å². The van der Waals surface area contributed by atoms with E-state index >= 15 is 0 Å². The zero-order valence-electron chi connectivity index (χ0n) is 17.1. The Labute approximate surface area is 187 Å². The van der Waals surface area contributed by atoms with Gasteiger partial charge in [0, 0.05) is 53.4 Å². The number of carbonyl (C=O) groups is 1. The van der Waals surface area contributed by atoms with Crippen molar-refractivity contribution in [3.05, 3.63) is 60.8 Å². The lowest BCUT2D eigenvalue weighted by Gasteiger charge is -2.21. The first kappa shape index (κ1) is 22.1. The zero-order valence-corrected chi connectivity index (χ0v) is 18.0. The largest absolute Gasteiger partial charge is 0.446 e. The van der Waals surface area contributed by atoms with Crippen LogP contribution in [0.5, 0.6) is 0 Å². The van der Waals surface area contributed by atoms with Gasteiger partial charge in [-0.25, -0.2) is 15.0 Å². The van der Waals surface area contributed by atoms with Gasteiger partial charge in [0.2, 0.25) is 0 Å². The molecule has 4 rings (SSSR count). The predicted octanol–water partition coefficient (Wildman–Crippen LogP) is 5.25. The van der Waals surface area contributed by atoms with Gasteiger partial charge in [-0.05, 0) is 54.4 Å². The van der Waals surface area contributed by atoms with Crippen LogP contribution in [0.4, 0.5) is 24.7 Å². The molecule has 1 aliphatic rings. The minimum Gasteiger partial charge on any atom is -0.356 e. The summed E-state index contributed by atoms with van der Waals surface area (Å²) in [6.45, 7) is 3.94. The van der Waals surface area contributed by atoms with Gasteiger partial charge in [-0.2, -0.15) is 13.2 Å². The summed E-state index contributed by atoms with van der Waals surface area (Å²) >= 11 is -0.201. The van der Waals surface area contributed by atoms with Crippen LogP contribution in [0, 0.1) is 5.92 Å². The van der Waals surface area contributed by atoms with Gasteiger partial charge in [0.15, 0.2) is 0 Å². The summed E-state index contributed by atoms with van der Waals surface area (Å²) in [4.78, 5) is 27.8. The lowest BCUT2D eigenvalue weighted by atomic mass is 10.1. The van der Waals surface area contributed by atoms with Crippen LogP contribution in [0.25, 0.3) is 11.1 Å². The molecule has 166 valence electrons. The molecule has 0 saturated carbocycles. The van der Waals surface area contributed by atoms with Gasteiger partial charge in [0.1, 0.15) is 12.1 Å². The van der Waals surface area contributed by atoms with E-state index in [1.807, 2.05) is 0 Å². The molecule has 1 saturated heterocycles. The zero-order chi connectivity index (χ0) is 22.7. The second-order valence-electron chi connectivity index (χ2n) is 7.59. The number of carbonyl (C=O) groups excluding carboxylic acids is 1. The van der Waals surface area contributed by atoms with Crippen LogP contribution < -0.4 is 10.2 Å². The number of thioether (sulfide) groups is 1. The quantitative estimate of drug-likeness (QED) is 0.526. The maximum atomic E-state index is 12.8. The molecule has 10 heteroatoms. The highest BCUT2D eigenvalue weighted by Gasteiger charge is 2.29. The van der Waals surface area contributed by atoms with Crippen LogP contribution in [0.3, 0.4) is 0 Å². The third-order valence-electron chi connectivity index (χ3n) is 5.07. The van der Waals surface area contributed by atoms with Crippen molar-refractivity contribution in [3.63, 3.8) is 0 Å². The van der Waals surface area contributed by atoms with Crippen LogP contribution in [0.2, 0.25) is 0 Å². The van der Waals surface area contributed by atoms with Gasteiger partial charge < -0.3 is 10.2 Å². The third-order valence-corrected chi connectivity index (χ3v) is 5.81. The predicted molar refractivity (Wildman–Crippen MR) is 118 cm³/mol. The van der Waals surface area contributed by atoms with E-state index in [0.29, 0.717) is 17.2 Å². The summed E-state index contributed by atoms with van der Waals surface area (Å²) in [7, 11) is 0. The minimum absolute atomic E-state index is 0.0488. The normalized spacial score (nSPS) is 16.2. The summed E-state index contributed by atoms with van der Waals surface area (Å²) in [6.07, 6.45) is 7.36. The van der Waals surface area contributed by atoms with Crippen molar-refractivity contribution in [3.8, 4) is 11.1 Å². The number of nitrogens with one attached hydrogen (secondary N) is 1. The molecule has 1 N–H and O–H groups in total. The van der Waals surface area contributed by atoms with Gasteiger partial charge >= 0.3 is 5.51 Å². The number of anilines is 2. The Morgan fingerprint density at radius 3 is 2.50 bits per heavy atom. The van der Waals surface area contributed by atoms with Crippen LogP contribution in [0.1, 0.15) is 23.7 Å². The molecule has 1 aromatic carbocycles.